The third kappa shape index (κ3) is 3.74. The number of aryl methyl sites for hydroxylation is 1. The van der Waals surface area contributed by atoms with Crippen LogP contribution in [0.2, 0.25) is 5.02 Å². The van der Waals surface area contributed by atoms with Crippen LogP contribution in [0.1, 0.15) is 12.5 Å². The molecule has 0 amide bonds. The fraction of sp³-hybridized carbons (Fsp3) is 0.400. The van der Waals surface area contributed by atoms with Gasteiger partial charge in [-0.05, 0) is 30.2 Å². The van der Waals surface area contributed by atoms with Crippen molar-refractivity contribution in [3.8, 4) is 5.75 Å². The van der Waals surface area contributed by atoms with Crippen molar-refractivity contribution in [2.75, 3.05) is 13.2 Å². The van der Waals surface area contributed by atoms with E-state index in [-0.39, 0.29) is 12.4 Å². The van der Waals surface area contributed by atoms with Crippen LogP contribution in [0.25, 0.3) is 0 Å². The summed E-state index contributed by atoms with van der Waals surface area (Å²) >= 11 is 5.95. The van der Waals surface area contributed by atoms with Gasteiger partial charge in [-0.1, -0.05) is 18.5 Å². The topological polar surface area (TPSA) is 35.2 Å². The molecule has 0 aliphatic rings. The first-order valence-corrected chi connectivity index (χ1v) is 4.77. The molecule has 1 aromatic carbocycles. The molecular weight excluding hydrogens is 221 g/mol. The van der Waals surface area contributed by atoms with Gasteiger partial charge < -0.3 is 10.5 Å². The molecule has 2 N–H and O–H groups in total. The van der Waals surface area contributed by atoms with Crippen LogP contribution in [0.15, 0.2) is 18.2 Å². The average molecular weight is 236 g/mol. The Bertz CT molecular complexity index is 279. The van der Waals surface area contributed by atoms with E-state index in [1.807, 2.05) is 18.2 Å². The van der Waals surface area contributed by atoms with Gasteiger partial charge in [0.2, 0.25) is 0 Å². The zero-order chi connectivity index (χ0) is 9.68. The maximum Gasteiger partial charge on any atom is 0.119 e. The van der Waals surface area contributed by atoms with Gasteiger partial charge in [-0.2, -0.15) is 0 Å². The van der Waals surface area contributed by atoms with Gasteiger partial charge >= 0.3 is 0 Å². The van der Waals surface area contributed by atoms with Gasteiger partial charge in [-0.15, -0.1) is 12.4 Å². The predicted octanol–water partition coefficient (Wildman–Crippen LogP) is 2.66. The van der Waals surface area contributed by atoms with Crippen molar-refractivity contribution in [3.63, 3.8) is 0 Å². The molecule has 0 radical (unpaired) electrons. The normalized spacial score (nSPS) is 9.36. The number of hydrogen-bond donors (Lipinski definition) is 1. The standard InChI is InChI=1S/C10H14ClNO.ClH/c1-2-8-7-9(13-6-5-12)3-4-10(8)11;/h3-4,7H,2,5-6,12H2,1H3;1H. The second-order valence-electron chi connectivity index (χ2n) is 2.74. The van der Waals surface area contributed by atoms with Crippen LogP contribution in [0, 0.1) is 0 Å². The summed E-state index contributed by atoms with van der Waals surface area (Å²) in [4.78, 5) is 0. The minimum atomic E-state index is 0. The lowest BCUT2D eigenvalue weighted by molar-refractivity contribution is 0.328. The lowest BCUT2D eigenvalue weighted by Gasteiger charge is -2.07. The number of rotatable bonds is 4. The zero-order valence-corrected chi connectivity index (χ0v) is 9.70. The minimum absolute atomic E-state index is 0. The SMILES string of the molecule is CCc1cc(OCCN)ccc1Cl.Cl. The van der Waals surface area contributed by atoms with Crippen LogP contribution >= 0.6 is 24.0 Å². The maximum atomic E-state index is 5.95. The van der Waals surface area contributed by atoms with Crippen LogP contribution in [-0.4, -0.2) is 13.2 Å². The summed E-state index contributed by atoms with van der Waals surface area (Å²) in [6.45, 7) is 3.14. The summed E-state index contributed by atoms with van der Waals surface area (Å²) in [5.74, 6) is 0.840. The van der Waals surface area contributed by atoms with Gasteiger partial charge in [-0.25, -0.2) is 0 Å². The van der Waals surface area contributed by atoms with E-state index in [0.717, 1.165) is 22.8 Å². The molecule has 0 atom stereocenters. The molecule has 2 nitrogen and oxygen atoms in total. The van der Waals surface area contributed by atoms with Gasteiger partial charge in [-0.3, -0.25) is 0 Å². The summed E-state index contributed by atoms with van der Waals surface area (Å²) in [6.07, 6.45) is 0.915. The molecule has 0 unspecified atom stereocenters. The van der Waals surface area contributed by atoms with Crippen LogP contribution in [0.5, 0.6) is 5.75 Å². The Morgan fingerprint density at radius 2 is 2.14 bits per heavy atom. The molecule has 0 spiro atoms. The van der Waals surface area contributed by atoms with E-state index in [4.69, 9.17) is 22.1 Å². The minimum Gasteiger partial charge on any atom is -0.492 e. The summed E-state index contributed by atoms with van der Waals surface area (Å²) in [6, 6.07) is 5.67. The van der Waals surface area contributed by atoms with Gasteiger partial charge in [0.25, 0.3) is 0 Å². The van der Waals surface area contributed by atoms with E-state index in [9.17, 15) is 0 Å². The van der Waals surface area contributed by atoms with Crippen LogP contribution in [0.3, 0.4) is 0 Å². The van der Waals surface area contributed by atoms with Crippen molar-refractivity contribution in [1.82, 2.24) is 0 Å². The van der Waals surface area contributed by atoms with Crippen LogP contribution in [0.4, 0.5) is 0 Å². The van der Waals surface area contributed by atoms with Crippen LogP contribution < -0.4 is 10.5 Å². The highest BCUT2D eigenvalue weighted by Crippen LogP contribution is 2.22. The Morgan fingerprint density at radius 3 is 2.71 bits per heavy atom. The average Bonchev–Trinajstić information content (AvgIpc) is 2.16. The van der Waals surface area contributed by atoms with Crippen molar-refractivity contribution in [1.29, 1.82) is 0 Å². The van der Waals surface area contributed by atoms with Gasteiger partial charge in [0, 0.05) is 11.6 Å². The van der Waals surface area contributed by atoms with Gasteiger partial charge in [0.15, 0.2) is 0 Å². The number of halogens is 2. The maximum absolute atomic E-state index is 5.95. The highest BCUT2D eigenvalue weighted by molar-refractivity contribution is 6.31. The fourth-order valence-electron chi connectivity index (χ4n) is 1.09. The lowest BCUT2D eigenvalue weighted by atomic mass is 10.1. The molecule has 14 heavy (non-hydrogen) atoms. The molecule has 80 valence electrons. The molecular formula is C10H15Cl2NO. The molecule has 1 rings (SSSR count). The first-order chi connectivity index (χ1) is 6.27. The molecule has 0 heterocycles. The largest absolute Gasteiger partial charge is 0.492 e. The monoisotopic (exact) mass is 235 g/mol. The van der Waals surface area contributed by atoms with Crippen molar-refractivity contribution < 1.29 is 4.74 Å². The van der Waals surface area contributed by atoms with Gasteiger partial charge in [0.1, 0.15) is 12.4 Å². The van der Waals surface area contributed by atoms with E-state index in [2.05, 4.69) is 6.92 Å². The number of benzene rings is 1. The first kappa shape index (κ1) is 13.6. The fourth-order valence-corrected chi connectivity index (χ4v) is 1.34. The van der Waals surface area contributed by atoms with Crippen molar-refractivity contribution in [2.45, 2.75) is 13.3 Å². The smallest absolute Gasteiger partial charge is 0.119 e. The molecule has 0 bridgehead atoms. The number of hydrogen-bond acceptors (Lipinski definition) is 2. The highest BCUT2D eigenvalue weighted by atomic mass is 35.5. The van der Waals surface area contributed by atoms with E-state index in [0.29, 0.717) is 13.2 Å². The predicted molar refractivity (Wildman–Crippen MR) is 62.6 cm³/mol. The molecule has 1 aromatic rings. The first-order valence-electron chi connectivity index (χ1n) is 4.39. The number of nitrogens with two attached hydrogens (primary N) is 1. The third-order valence-corrected chi connectivity index (χ3v) is 2.15. The lowest BCUT2D eigenvalue weighted by Crippen LogP contribution is -2.10. The Labute approximate surface area is 95.8 Å². The van der Waals surface area contributed by atoms with Crippen molar-refractivity contribution in [3.05, 3.63) is 28.8 Å². The molecule has 0 aromatic heterocycles. The van der Waals surface area contributed by atoms with Crippen molar-refractivity contribution >= 4 is 24.0 Å². The molecule has 0 aliphatic heterocycles. The molecule has 0 saturated heterocycles. The van der Waals surface area contributed by atoms with Gasteiger partial charge in [0.05, 0.1) is 0 Å². The van der Waals surface area contributed by atoms with Crippen LogP contribution in [-0.2, 0) is 6.42 Å². The summed E-state index contributed by atoms with van der Waals surface area (Å²) in [5.41, 5.74) is 6.43. The second-order valence-corrected chi connectivity index (χ2v) is 3.15. The molecule has 4 heteroatoms. The molecule has 0 saturated carbocycles. The summed E-state index contributed by atoms with van der Waals surface area (Å²) in [5, 5.41) is 0.794. The van der Waals surface area contributed by atoms with E-state index >= 15 is 0 Å². The Morgan fingerprint density at radius 1 is 1.43 bits per heavy atom. The zero-order valence-electron chi connectivity index (χ0n) is 8.13. The molecule has 0 aliphatic carbocycles. The van der Waals surface area contributed by atoms with E-state index in [1.54, 1.807) is 0 Å². The third-order valence-electron chi connectivity index (χ3n) is 1.78. The van der Waals surface area contributed by atoms with Crippen molar-refractivity contribution in [2.24, 2.45) is 5.73 Å². The van der Waals surface area contributed by atoms with E-state index < -0.39 is 0 Å². The van der Waals surface area contributed by atoms with E-state index in [1.165, 1.54) is 0 Å². The molecule has 0 fully saturated rings. The Hall–Kier alpha value is -0.440. The Balaban J connectivity index is 0.00000169. The number of ether oxygens (including phenoxy) is 1. The second kappa shape index (κ2) is 6.93. The quantitative estimate of drug-likeness (QED) is 0.872. The summed E-state index contributed by atoms with van der Waals surface area (Å²) < 4.78 is 5.37. The summed E-state index contributed by atoms with van der Waals surface area (Å²) in [7, 11) is 0. The Kier molecular flexibility index (Phi) is 6.71. The highest BCUT2D eigenvalue weighted by Gasteiger charge is 2.00.